The number of carbonyl (C=O) groups is 2. The Morgan fingerprint density at radius 2 is 1.33 bits per heavy atom. The third kappa shape index (κ3) is 5.46. The number of nitrogens with zero attached hydrogens (tertiary/aromatic N) is 2. The van der Waals surface area contributed by atoms with Gasteiger partial charge in [0.05, 0.1) is 17.8 Å². The van der Waals surface area contributed by atoms with E-state index in [9.17, 15) is 9.59 Å². The van der Waals surface area contributed by atoms with Crippen molar-refractivity contribution in [1.29, 1.82) is 0 Å². The van der Waals surface area contributed by atoms with Gasteiger partial charge >= 0.3 is 6.03 Å². The van der Waals surface area contributed by atoms with Gasteiger partial charge in [-0.3, -0.25) is 9.48 Å². The Hall–Kier alpha value is -4.39. The molecular formula is C26H25N5O2. The summed E-state index contributed by atoms with van der Waals surface area (Å²) in [4.78, 5) is 25.3. The molecular weight excluding hydrogens is 414 g/mol. The fourth-order valence-corrected chi connectivity index (χ4v) is 3.62. The topological polar surface area (TPSA) is 88.1 Å². The molecule has 4 aromatic rings. The molecule has 0 aliphatic rings. The molecule has 7 heteroatoms. The number of amides is 3. The molecule has 0 aliphatic carbocycles. The lowest BCUT2D eigenvalue weighted by Gasteiger charge is -2.10. The van der Waals surface area contributed by atoms with Crippen molar-refractivity contribution in [3.05, 3.63) is 107 Å². The molecule has 0 fully saturated rings. The van der Waals surface area contributed by atoms with Gasteiger partial charge in [0.15, 0.2) is 0 Å². The predicted molar refractivity (Wildman–Crippen MR) is 131 cm³/mol. The number of nitrogens with one attached hydrogen (secondary N) is 3. The maximum Gasteiger partial charge on any atom is 0.323 e. The standard InChI is InChI=1S/C26H25N5O2/c1-18-24(19(2)31(30-18)17-20-10-5-3-6-11-20)25(32)27-22-14-9-15-23(16-22)29-26(33)28-21-12-7-4-8-13-21/h3-16H,17H2,1-2H3,(H,27,32)(H2,28,29,33). The number of para-hydroxylation sites is 1. The van der Waals surface area contributed by atoms with Crippen LogP contribution in [-0.4, -0.2) is 21.7 Å². The lowest BCUT2D eigenvalue weighted by Crippen LogP contribution is -2.19. The first kappa shape index (κ1) is 21.8. The summed E-state index contributed by atoms with van der Waals surface area (Å²) in [5.41, 5.74) is 4.95. The van der Waals surface area contributed by atoms with Crippen molar-refractivity contribution in [3.63, 3.8) is 0 Å². The Kier molecular flexibility index (Phi) is 6.50. The van der Waals surface area contributed by atoms with Crippen LogP contribution in [0.4, 0.5) is 21.9 Å². The first-order valence-electron chi connectivity index (χ1n) is 10.6. The Labute approximate surface area is 192 Å². The van der Waals surface area contributed by atoms with Gasteiger partial charge < -0.3 is 16.0 Å². The molecule has 1 aromatic heterocycles. The van der Waals surface area contributed by atoms with E-state index in [-0.39, 0.29) is 11.9 Å². The molecule has 0 saturated carbocycles. The zero-order valence-electron chi connectivity index (χ0n) is 18.5. The lowest BCUT2D eigenvalue weighted by atomic mass is 10.1. The molecule has 0 unspecified atom stereocenters. The summed E-state index contributed by atoms with van der Waals surface area (Å²) in [6.45, 7) is 4.32. The molecule has 3 N–H and O–H groups in total. The first-order valence-corrected chi connectivity index (χ1v) is 10.6. The number of anilines is 3. The molecule has 0 saturated heterocycles. The third-order valence-corrected chi connectivity index (χ3v) is 5.19. The summed E-state index contributed by atoms with van der Waals surface area (Å²) >= 11 is 0. The fourth-order valence-electron chi connectivity index (χ4n) is 3.62. The SMILES string of the molecule is Cc1nn(Cc2ccccc2)c(C)c1C(=O)Nc1cccc(NC(=O)Nc2ccccc2)c1. The molecule has 0 atom stereocenters. The van der Waals surface area contributed by atoms with Gasteiger partial charge in [0.1, 0.15) is 0 Å². The van der Waals surface area contributed by atoms with E-state index >= 15 is 0 Å². The van der Waals surface area contributed by atoms with Gasteiger partial charge in [-0.15, -0.1) is 0 Å². The van der Waals surface area contributed by atoms with E-state index in [2.05, 4.69) is 21.0 Å². The van der Waals surface area contributed by atoms with E-state index in [1.165, 1.54) is 0 Å². The largest absolute Gasteiger partial charge is 0.323 e. The van der Waals surface area contributed by atoms with Crippen LogP contribution in [-0.2, 0) is 6.54 Å². The van der Waals surface area contributed by atoms with E-state index in [0.717, 1.165) is 11.3 Å². The molecule has 0 bridgehead atoms. The second kappa shape index (κ2) is 9.82. The van der Waals surface area contributed by atoms with Gasteiger partial charge in [0.25, 0.3) is 5.91 Å². The number of aryl methyl sites for hydroxylation is 1. The van der Waals surface area contributed by atoms with Crippen molar-refractivity contribution >= 4 is 29.0 Å². The summed E-state index contributed by atoms with van der Waals surface area (Å²) in [5.74, 6) is -0.241. The van der Waals surface area contributed by atoms with Gasteiger partial charge in [-0.1, -0.05) is 54.6 Å². The Balaban J connectivity index is 1.44. The quantitative estimate of drug-likeness (QED) is 0.374. The monoisotopic (exact) mass is 439 g/mol. The highest BCUT2D eigenvalue weighted by Crippen LogP contribution is 2.20. The summed E-state index contributed by atoms with van der Waals surface area (Å²) in [7, 11) is 0. The minimum absolute atomic E-state index is 0.241. The van der Waals surface area contributed by atoms with Crippen molar-refractivity contribution in [2.24, 2.45) is 0 Å². The smallest absolute Gasteiger partial charge is 0.322 e. The van der Waals surface area contributed by atoms with E-state index in [4.69, 9.17) is 0 Å². The molecule has 3 amide bonds. The molecule has 166 valence electrons. The van der Waals surface area contributed by atoms with E-state index < -0.39 is 0 Å². The Morgan fingerprint density at radius 3 is 2.03 bits per heavy atom. The molecule has 1 heterocycles. The average molecular weight is 440 g/mol. The van der Waals surface area contributed by atoms with Gasteiger partial charge in [-0.05, 0) is 49.7 Å². The highest BCUT2D eigenvalue weighted by molar-refractivity contribution is 6.06. The van der Waals surface area contributed by atoms with Crippen molar-refractivity contribution in [2.75, 3.05) is 16.0 Å². The van der Waals surface area contributed by atoms with E-state index in [1.807, 2.05) is 67.1 Å². The third-order valence-electron chi connectivity index (χ3n) is 5.19. The van der Waals surface area contributed by atoms with Crippen LogP contribution in [0.5, 0.6) is 0 Å². The molecule has 7 nitrogen and oxygen atoms in total. The first-order chi connectivity index (χ1) is 16.0. The molecule has 3 aromatic carbocycles. The second-order valence-corrected chi connectivity index (χ2v) is 7.67. The number of hydrogen-bond acceptors (Lipinski definition) is 3. The van der Waals surface area contributed by atoms with Crippen molar-refractivity contribution in [2.45, 2.75) is 20.4 Å². The zero-order chi connectivity index (χ0) is 23.2. The maximum atomic E-state index is 13.0. The number of benzene rings is 3. The second-order valence-electron chi connectivity index (χ2n) is 7.67. The number of aromatic nitrogens is 2. The minimum Gasteiger partial charge on any atom is -0.322 e. The van der Waals surface area contributed by atoms with Crippen LogP contribution in [0.3, 0.4) is 0 Å². The van der Waals surface area contributed by atoms with Crippen molar-refractivity contribution < 1.29 is 9.59 Å². The van der Waals surface area contributed by atoms with Crippen LogP contribution in [0, 0.1) is 13.8 Å². The van der Waals surface area contributed by atoms with Crippen LogP contribution >= 0.6 is 0 Å². The molecule has 0 spiro atoms. The number of carbonyl (C=O) groups excluding carboxylic acids is 2. The molecule has 0 aliphatic heterocycles. The average Bonchev–Trinajstić information content (AvgIpc) is 3.08. The van der Waals surface area contributed by atoms with Crippen LogP contribution in [0.2, 0.25) is 0 Å². The highest BCUT2D eigenvalue weighted by atomic mass is 16.2. The maximum absolute atomic E-state index is 13.0. The van der Waals surface area contributed by atoms with Crippen LogP contribution < -0.4 is 16.0 Å². The van der Waals surface area contributed by atoms with Gasteiger partial charge in [0, 0.05) is 22.8 Å². The van der Waals surface area contributed by atoms with Crippen LogP contribution in [0.15, 0.2) is 84.9 Å². The molecule has 4 rings (SSSR count). The van der Waals surface area contributed by atoms with Crippen molar-refractivity contribution in [1.82, 2.24) is 9.78 Å². The highest BCUT2D eigenvalue weighted by Gasteiger charge is 2.19. The van der Waals surface area contributed by atoms with E-state index in [0.29, 0.717) is 34.9 Å². The van der Waals surface area contributed by atoms with Gasteiger partial charge in [-0.2, -0.15) is 5.10 Å². The normalized spacial score (nSPS) is 10.5. The van der Waals surface area contributed by atoms with Crippen molar-refractivity contribution in [3.8, 4) is 0 Å². The summed E-state index contributed by atoms with van der Waals surface area (Å²) in [6.07, 6.45) is 0. The number of urea groups is 1. The number of hydrogen-bond donors (Lipinski definition) is 3. The Morgan fingerprint density at radius 1 is 0.758 bits per heavy atom. The zero-order valence-corrected chi connectivity index (χ0v) is 18.5. The fraction of sp³-hybridized carbons (Fsp3) is 0.115. The van der Waals surface area contributed by atoms with Gasteiger partial charge in [-0.25, -0.2) is 4.79 Å². The minimum atomic E-state index is -0.362. The molecule has 0 radical (unpaired) electrons. The number of rotatable bonds is 6. The summed E-state index contributed by atoms with van der Waals surface area (Å²) < 4.78 is 1.84. The molecule has 33 heavy (non-hydrogen) atoms. The van der Waals surface area contributed by atoms with E-state index in [1.54, 1.807) is 36.4 Å². The summed E-state index contributed by atoms with van der Waals surface area (Å²) in [5, 5.41) is 13.0. The summed E-state index contributed by atoms with van der Waals surface area (Å²) in [6, 6.07) is 25.8. The predicted octanol–water partition coefficient (Wildman–Crippen LogP) is 5.44. The van der Waals surface area contributed by atoms with Crippen LogP contribution in [0.25, 0.3) is 0 Å². The Bertz CT molecular complexity index is 1270. The lowest BCUT2D eigenvalue weighted by molar-refractivity contribution is 0.102. The van der Waals surface area contributed by atoms with Crippen LogP contribution in [0.1, 0.15) is 27.3 Å². The van der Waals surface area contributed by atoms with Gasteiger partial charge in [0.2, 0.25) is 0 Å².